The molecule has 0 aliphatic carbocycles. The molecule has 0 N–H and O–H groups in total. The minimum Gasteiger partial charge on any atom is -0.519 e. The lowest BCUT2D eigenvalue weighted by molar-refractivity contribution is 0.496. The predicted octanol–water partition coefficient (Wildman–Crippen LogP) is 2.30. The molecular weight excluding hydrogens is 218 g/mol. The Morgan fingerprint density at radius 2 is 1.82 bits per heavy atom. The minimum atomic E-state index is -0.553. The van der Waals surface area contributed by atoms with E-state index in [2.05, 4.69) is 0 Å². The second-order valence-corrected chi connectivity index (χ2v) is 3.99. The van der Waals surface area contributed by atoms with Gasteiger partial charge < -0.3 is 9.31 Å². The van der Waals surface area contributed by atoms with E-state index in [0.717, 1.165) is 11.0 Å². The summed E-state index contributed by atoms with van der Waals surface area (Å²) in [6, 6.07) is 12.4. The largest absolute Gasteiger partial charge is 0.633 e. The molecule has 0 fully saturated rings. The summed E-state index contributed by atoms with van der Waals surface area (Å²) in [5, 5.41) is 0. The van der Waals surface area contributed by atoms with Gasteiger partial charge in [-0.2, -0.15) is 0 Å². The van der Waals surface area contributed by atoms with Crippen molar-refractivity contribution in [1.29, 1.82) is 0 Å². The van der Waals surface area contributed by atoms with Crippen molar-refractivity contribution in [2.45, 2.75) is 6.92 Å². The van der Waals surface area contributed by atoms with E-state index in [9.17, 15) is 4.39 Å². The highest BCUT2D eigenvalue weighted by molar-refractivity contribution is 6.64. The highest BCUT2D eigenvalue weighted by Crippen LogP contribution is 2.35. The van der Waals surface area contributed by atoms with E-state index in [1.807, 2.05) is 31.2 Å². The Morgan fingerprint density at radius 3 is 2.59 bits per heavy atom. The fourth-order valence-corrected chi connectivity index (χ4v) is 1.92. The average molecular weight is 228 g/mol. The van der Waals surface area contributed by atoms with Crippen molar-refractivity contribution in [1.82, 2.24) is 0 Å². The van der Waals surface area contributed by atoms with Crippen LogP contribution in [0.1, 0.15) is 5.56 Å². The molecule has 4 heteroatoms. The number of halogens is 1. The molecule has 0 saturated carbocycles. The lowest BCUT2D eigenvalue weighted by Crippen LogP contribution is -2.40. The Labute approximate surface area is 99.1 Å². The van der Waals surface area contributed by atoms with Gasteiger partial charge in [0.05, 0.1) is 0 Å². The third-order valence-electron chi connectivity index (χ3n) is 2.83. The molecule has 0 amide bonds. The summed E-state index contributed by atoms with van der Waals surface area (Å²) >= 11 is 0. The van der Waals surface area contributed by atoms with Crippen LogP contribution in [0.2, 0.25) is 0 Å². The van der Waals surface area contributed by atoms with Crippen molar-refractivity contribution in [2.75, 3.05) is 0 Å². The Morgan fingerprint density at radius 1 is 1.00 bits per heavy atom. The van der Waals surface area contributed by atoms with Crippen molar-refractivity contribution in [3.63, 3.8) is 0 Å². The first-order chi connectivity index (χ1) is 8.25. The molecule has 1 aliphatic heterocycles. The van der Waals surface area contributed by atoms with Gasteiger partial charge in [0.2, 0.25) is 0 Å². The Balaban J connectivity index is 1.97. The standard InChI is InChI=1S/C13H10BFO2/c1-9-5-2-3-6-10(9)14-16-12-8-4-7-11(15)13(12)17-14/h2-8H,1H3. The Hall–Kier alpha value is -1.97. The third-order valence-corrected chi connectivity index (χ3v) is 2.83. The molecule has 1 aliphatic rings. The summed E-state index contributed by atoms with van der Waals surface area (Å²) in [6.07, 6.45) is 0. The van der Waals surface area contributed by atoms with Crippen LogP contribution in [0.25, 0.3) is 0 Å². The zero-order valence-electron chi connectivity index (χ0n) is 9.31. The number of aryl methyl sites for hydroxylation is 1. The van der Waals surface area contributed by atoms with Crippen molar-refractivity contribution >= 4 is 12.6 Å². The van der Waals surface area contributed by atoms with E-state index in [0.29, 0.717) is 5.75 Å². The molecule has 0 aromatic heterocycles. The van der Waals surface area contributed by atoms with Crippen LogP contribution in [-0.2, 0) is 0 Å². The summed E-state index contributed by atoms with van der Waals surface area (Å²) in [7, 11) is -0.553. The number of hydrogen-bond donors (Lipinski definition) is 0. The smallest absolute Gasteiger partial charge is 0.519 e. The molecule has 2 aromatic carbocycles. The summed E-state index contributed by atoms with van der Waals surface area (Å²) in [4.78, 5) is 0. The van der Waals surface area contributed by atoms with Gasteiger partial charge in [0, 0.05) is 5.46 Å². The predicted molar refractivity (Wildman–Crippen MR) is 64.2 cm³/mol. The van der Waals surface area contributed by atoms with Gasteiger partial charge in [0.1, 0.15) is 5.75 Å². The maximum atomic E-state index is 13.5. The fraction of sp³-hybridized carbons (Fsp3) is 0.0769. The topological polar surface area (TPSA) is 18.5 Å². The summed E-state index contributed by atoms with van der Waals surface area (Å²) < 4.78 is 24.6. The first-order valence-electron chi connectivity index (χ1n) is 5.43. The number of para-hydroxylation sites is 1. The zero-order chi connectivity index (χ0) is 11.8. The first kappa shape index (κ1) is 10.2. The van der Waals surface area contributed by atoms with Crippen LogP contribution in [0.15, 0.2) is 42.5 Å². The summed E-state index contributed by atoms with van der Waals surface area (Å²) in [5.74, 6) is 0.262. The second-order valence-electron chi connectivity index (χ2n) is 3.99. The van der Waals surface area contributed by atoms with Gasteiger partial charge in [0.15, 0.2) is 11.6 Å². The molecule has 3 rings (SSSR count). The van der Waals surface area contributed by atoms with Crippen LogP contribution in [0, 0.1) is 12.7 Å². The maximum Gasteiger partial charge on any atom is 0.633 e. The summed E-state index contributed by atoms with van der Waals surface area (Å²) in [6.45, 7) is 1.97. The number of rotatable bonds is 1. The molecule has 17 heavy (non-hydrogen) atoms. The highest BCUT2D eigenvalue weighted by atomic mass is 19.1. The quantitative estimate of drug-likeness (QED) is 0.697. The number of fused-ring (bicyclic) bond motifs is 1. The van der Waals surface area contributed by atoms with Crippen LogP contribution in [-0.4, -0.2) is 7.12 Å². The lowest BCUT2D eigenvalue weighted by atomic mass is 9.76. The fourth-order valence-electron chi connectivity index (χ4n) is 1.92. The average Bonchev–Trinajstić information content (AvgIpc) is 2.75. The monoisotopic (exact) mass is 228 g/mol. The molecule has 1 heterocycles. The summed E-state index contributed by atoms with van der Waals surface area (Å²) in [5.41, 5.74) is 1.98. The van der Waals surface area contributed by atoms with Crippen molar-refractivity contribution in [3.8, 4) is 11.5 Å². The SMILES string of the molecule is Cc1ccccc1B1Oc2cccc(F)c2O1. The maximum absolute atomic E-state index is 13.5. The molecule has 0 unspecified atom stereocenters. The molecule has 0 bridgehead atoms. The minimum absolute atomic E-state index is 0.195. The van der Waals surface area contributed by atoms with E-state index < -0.39 is 12.9 Å². The van der Waals surface area contributed by atoms with Crippen molar-refractivity contribution < 1.29 is 13.7 Å². The zero-order valence-corrected chi connectivity index (χ0v) is 9.31. The van der Waals surface area contributed by atoms with Crippen molar-refractivity contribution in [2.24, 2.45) is 0 Å². The molecule has 0 spiro atoms. The highest BCUT2D eigenvalue weighted by Gasteiger charge is 2.36. The van der Waals surface area contributed by atoms with Gasteiger partial charge in [-0.1, -0.05) is 30.3 Å². The van der Waals surface area contributed by atoms with Crippen LogP contribution >= 0.6 is 0 Å². The molecule has 0 atom stereocenters. The molecule has 84 valence electrons. The molecule has 2 aromatic rings. The first-order valence-corrected chi connectivity index (χ1v) is 5.43. The van der Waals surface area contributed by atoms with Crippen molar-refractivity contribution in [3.05, 3.63) is 53.8 Å². The molecule has 0 radical (unpaired) electrons. The van der Waals surface area contributed by atoms with Crippen LogP contribution in [0.5, 0.6) is 11.5 Å². The van der Waals surface area contributed by atoms with Gasteiger partial charge in [-0.3, -0.25) is 0 Å². The van der Waals surface area contributed by atoms with Crippen LogP contribution < -0.4 is 14.8 Å². The number of benzene rings is 2. The van der Waals surface area contributed by atoms with Gasteiger partial charge in [-0.05, 0) is 24.6 Å². The molecule has 0 saturated heterocycles. The Kier molecular flexibility index (Phi) is 2.28. The van der Waals surface area contributed by atoms with E-state index >= 15 is 0 Å². The van der Waals surface area contributed by atoms with E-state index in [1.54, 1.807) is 12.1 Å². The molecule has 2 nitrogen and oxygen atoms in total. The lowest BCUT2D eigenvalue weighted by Gasteiger charge is -2.07. The second kappa shape index (κ2) is 3.80. The van der Waals surface area contributed by atoms with E-state index in [4.69, 9.17) is 9.31 Å². The van der Waals surface area contributed by atoms with Crippen LogP contribution in [0.3, 0.4) is 0 Å². The van der Waals surface area contributed by atoms with Gasteiger partial charge in [0.25, 0.3) is 0 Å². The van der Waals surface area contributed by atoms with Gasteiger partial charge >= 0.3 is 7.12 Å². The Bertz CT molecular complexity index is 571. The molecular formula is C13H10BFO2. The number of hydrogen-bond acceptors (Lipinski definition) is 2. The van der Waals surface area contributed by atoms with E-state index in [1.165, 1.54) is 6.07 Å². The normalized spacial score (nSPS) is 12.9. The van der Waals surface area contributed by atoms with E-state index in [-0.39, 0.29) is 5.75 Å². The van der Waals surface area contributed by atoms with Crippen LogP contribution in [0.4, 0.5) is 4.39 Å². The van der Waals surface area contributed by atoms with Gasteiger partial charge in [-0.15, -0.1) is 0 Å². The van der Waals surface area contributed by atoms with Gasteiger partial charge in [-0.25, -0.2) is 4.39 Å². The third kappa shape index (κ3) is 1.66.